The van der Waals surface area contributed by atoms with E-state index in [-0.39, 0.29) is 29.8 Å². The molecule has 0 saturated heterocycles. The highest BCUT2D eigenvalue weighted by Gasteiger charge is 2.19. The molecule has 0 radical (unpaired) electrons. The second-order valence-electron chi connectivity index (χ2n) is 7.57. The van der Waals surface area contributed by atoms with Crippen molar-refractivity contribution in [3.63, 3.8) is 0 Å². The first-order valence-corrected chi connectivity index (χ1v) is 10.1. The quantitative estimate of drug-likeness (QED) is 0.472. The summed E-state index contributed by atoms with van der Waals surface area (Å²) >= 11 is 0. The summed E-state index contributed by atoms with van der Waals surface area (Å²) in [5.41, 5.74) is 3.11. The number of anilines is 1. The van der Waals surface area contributed by atoms with Gasteiger partial charge in [0.05, 0.1) is 23.1 Å². The molecule has 0 bridgehead atoms. The fraction of sp³-hybridized carbons (Fsp3) is 0.167. The van der Waals surface area contributed by atoms with E-state index in [2.05, 4.69) is 20.3 Å². The van der Waals surface area contributed by atoms with Crippen molar-refractivity contribution < 1.29 is 9.59 Å². The van der Waals surface area contributed by atoms with Crippen LogP contribution in [0.15, 0.2) is 61.3 Å². The van der Waals surface area contributed by atoms with E-state index >= 15 is 0 Å². The number of ketones is 1. The lowest BCUT2D eigenvalue weighted by atomic mass is 10.1. The van der Waals surface area contributed by atoms with Crippen LogP contribution in [-0.4, -0.2) is 31.2 Å². The minimum Gasteiger partial charge on any atom is -0.344 e. The molecule has 32 heavy (non-hydrogen) atoms. The number of fused-ring (bicyclic) bond motifs is 1. The van der Waals surface area contributed by atoms with E-state index in [1.165, 1.54) is 12.4 Å². The van der Waals surface area contributed by atoms with Crippen LogP contribution in [0.4, 0.5) is 5.69 Å². The van der Waals surface area contributed by atoms with Crippen LogP contribution >= 0.6 is 0 Å². The second kappa shape index (κ2) is 8.78. The fourth-order valence-corrected chi connectivity index (χ4v) is 3.44. The summed E-state index contributed by atoms with van der Waals surface area (Å²) in [6.07, 6.45) is 8.16. The molecule has 0 aliphatic carbocycles. The third-order valence-corrected chi connectivity index (χ3v) is 5.01. The van der Waals surface area contributed by atoms with Gasteiger partial charge in [0.1, 0.15) is 11.8 Å². The lowest BCUT2D eigenvalue weighted by Gasteiger charge is -2.08. The van der Waals surface area contributed by atoms with E-state index in [0.717, 1.165) is 10.9 Å². The monoisotopic (exact) mass is 424 g/mol. The molecule has 0 aliphatic rings. The molecule has 4 heterocycles. The van der Waals surface area contributed by atoms with Crippen molar-refractivity contribution >= 4 is 28.3 Å². The topological polar surface area (TPSA) is 114 Å². The van der Waals surface area contributed by atoms with Gasteiger partial charge >= 0.3 is 0 Å². The van der Waals surface area contributed by atoms with Crippen molar-refractivity contribution in [1.29, 1.82) is 5.26 Å². The third kappa shape index (κ3) is 4.23. The molecule has 0 aliphatic heterocycles. The molecule has 0 aromatic carbocycles. The van der Waals surface area contributed by atoms with Crippen molar-refractivity contribution in [2.24, 2.45) is 0 Å². The maximum absolute atomic E-state index is 13.2. The number of aromatic nitrogens is 4. The van der Waals surface area contributed by atoms with Crippen molar-refractivity contribution in [1.82, 2.24) is 19.5 Å². The van der Waals surface area contributed by atoms with E-state index in [9.17, 15) is 9.59 Å². The van der Waals surface area contributed by atoms with Crippen molar-refractivity contribution in [2.75, 3.05) is 5.32 Å². The van der Waals surface area contributed by atoms with Gasteiger partial charge in [-0.25, -0.2) is 0 Å². The van der Waals surface area contributed by atoms with Crippen molar-refractivity contribution in [3.8, 4) is 6.07 Å². The molecule has 1 amide bonds. The van der Waals surface area contributed by atoms with Crippen LogP contribution in [0.3, 0.4) is 0 Å². The van der Waals surface area contributed by atoms with Crippen molar-refractivity contribution in [2.45, 2.75) is 26.3 Å². The normalized spacial score (nSPS) is 10.8. The minimum absolute atomic E-state index is 0.0465. The van der Waals surface area contributed by atoms with E-state index in [1.807, 2.05) is 36.7 Å². The zero-order valence-electron chi connectivity index (χ0n) is 17.6. The van der Waals surface area contributed by atoms with Crippen LogP contribution in [-0.2, 0) is 11.2 Å². The molecule has 4 aromatic heterocycles. The van der Waals surface area contributed by atoms with Gasteiger partial charge in [-0.15, -0.1) is 0 Å². The maximum Gasteiger partial charge on any atom is 0.230 e. The Labute approximate surface area is 184 Å². The molecule has 0 unspecified atom stereocenters. The zero-order chi connectivity index (χ0) is 22.7. The molecule has 158 valence electrons. The summed E-state index contributed by atoms with van der Waals surface area (Å²) < 4.78 is 2.03. The van der Waals surface area contributed by atoms with Crippen LogP contribution < -0.4 is 5.32 Å². The van der Waals surface area contributed by atoms with E-state index in [1.54, 1.807) is 36.7 Å². The van der Waals surface area contributed by atoms with E-state index in [4.69, 9.17) is 5.26 Å². The third-order valence-electron chi connectivity index (χ3n) is 5.01. The highest BCUT2D eigenvalue weighted by Crippen LogP contribution is 2.26. The summed E-state index contributed by atoms with van der Waals surface area (Å²) in [5.74, 6) is -0.528. The van der Waals surface area contributed by atoms with Gasteiger partial charge in [0.2, 0.25) is 11.7 Å². The van der Waals surface area contributed by atoms with Crippen LogP contribution in [0, 0.1) is 11.3 Å². The number of hydrogen-bond acceptors (Lipinski definition) is 6. The molecule has 0 spiro atoms. The van der Waals surface area contributed by atoms with Crippen LogP contribution in [0.1, 0.15) is 47.2 Å². The van der Waals surface area contributed by atoms with Gasteiger partial charge in [0, 0.05) is 53.8 Å². The van der Waals surface area contributed by atoms with Gasteiger partial charge in [-0.3, -0.25) is 24.5 Å². The number of amides is 1. The Morgan fingerprint density at radius 3 is 2.69 bits per heavy atom. The Hall–Kier alpha value is -4.38. The standard InChI is InChI=1S/C24H20N6O2/c1-15(2)30-14-20(19-13-26-7-6-22(19)30)24(32)21-9-18(5-8-27-21)29-23(31)10-17-4-3-16(11-25)12-28-17/h3-9,12-15H,10H2,1-2H3,(H,27,29,31). The van der Waals surface area contributed by atoms with Gasteiger partial charge in [-0.2, -0.15) is 5.26 Å². The largest absolute Gasteiger partial charge is 0.344 e. The molecule has 0 atom stereocenters. The summed E-state index contributed by atoms with van der Waals surface area (Å²) in [6.45, 7) is 4.09. The Morgan fingerprint density at radius 2 is 1.97 bits per heavy atom. The maximum atomic E-state index is 13.2. The summed E-state index contributed by atoms with van der Waals surface area (Å²) in [5, 5.41) is 12.4. The Morgan fingerprint density at radius 1 is 1.12 bits per heavy atom. The predicted octanol–water partition coefficient (Wildman–Crippen LogP) is 3.69. The molecule has 4 aromatic rings. The lowest BCUT2D eigenvalue weighted by Crippen LogP contribution is -2.16. The number of nitriles is 1. The number of carbonyl (C=O) groups excluding carboxylic acids is 2. The molecule has 4 rings (SSSR count). The molecular formula is C24H20N6O2. The number of hydrogen-bond donors (Lipinski definition) is 1. The Kier molecular flexibility index (Phi) is 5.73. The summed E-state index contributed by atoms with van der Waals surface area (Å²) in [7, 11) is 0. The number of pyridine rings is 3. The Bertz CT molecular complexity index is 1350. The highest BCUT2D eigenvalue weighted by atomic mass is 16.1. The smallest absolute Gasteiger partial charge is 0.230 e. The number of rotatable bonds is 6. The van der Waals surface area contributed by atoms with Gasteiger partial charge in [-0.1, -0.05) is 0 Å². The van der Waals surface area contributed by atoms with Gasteiger partial charge in [0.25, 0.3) is 0 Å². The fourth-order valence-electron chi connectivity index (χ4n) is 3.44. The summed E-state index contributed by atoms with van der Waals surface area (Å²) in [4.78, 5) is 38.1. The highest BCUT2D eigenvalue weighted by molar-refractivity contribution is 6.15. The van der Waals surface area contributed by atoms with E-state index < -0.39 is 0 Å². The van der Waals surface area contributed by atoms with Crippen LogP contribution in [0.5, 0.6) is 0 Å². The van der Waals surface area contributed by atoms with E-state index in [0.29, 0.717) is 22.5 Å². The van der Waals surface area contributed by atoms with Gasteiger partial charge in [-0.05, 0) is 44.2 Å². The molecule has 1 N–H and O–H groups in total. The predicted molar refractivity (Wildman–Crippen MR) is 119 cm³/mol. The molecular weight excluding hydrogens is 404 g/mol. The number of carbonyl (C=O) groups is 2. The average molecular weight is 424 g/mol. The minimum atomic E-state index is -0.285. The average Bonchev–Trinajstić information content (AvgIpc) is 3.19. The van der Waals surface area contributed by atoms with Crippen LogP contribution in [0.2, 0.25) is 0 Å². The Balaban J connectivity index is 1.55. The molecule has 8 nitrogen and oxygen atoms in total. The number of nitrogens with one attached hydrogen (secondary N) is 1. The molecule has 8 heteroatoms. The molecule has 0 fully saturated rings. The van der Waals surface area contributed by atoms with Gasteiger partial charge < -0.3 is 9.88 Å². The lowest BCUT2D eigenvalue weighted by molar-refractivity contribution is -0.115. The first kappa shape index (κ1) is 20.9. The first-order chi connectivity index (χ1) is 15.5. The SMILES string of the molecule is CC(C)n1cc(C(=O)c2cc(NC(=O)Cc3ccc(C#N)cn3)ccn2)c2cnccc21. The summed E-state index contributed by atoms with van der Waals surface area (Å²) in [6, 6.07) is 10.5. The van der Waals surface area contributed by atoms with Crippen molar-refractivity contribution in [3.05, 3.63) is 83.8 Å². The van der Waals surface area contributed by atoms with Crippen LogP contribution in [0.25, 0.3) is 10.9 Å². The second-order valence-corrected chi connectivity index (χ2v) is 7.57. The van der Waals surface area contributed by atoms with Gasteiger partial charge in [0.15, 0.2) is 0 Å². The number of nitrogens with zero attached hydrogens (tertiary/aromatic N) is 5. The molecule has 0 saturated carbocycles. The zero-order valence-corrected chi connectivity index (χ0v) is 17.6. The first-order valence-electron chi connectivity index (χ1n) is 10.1.